The van der Waals surface area contributed by atoms with Crippen molar-refractivity contribution in [2.45, 2.75) is 18.9 Å². The van der Waals surface area contributed by atoms with Crippen LogP contribution in [-0.4, -0.2) is 22.2 Å². The Balaban J connectivity index is 1.74. The number of hydrogen-bond acceptors (Lipinski definition) is 4. The van der Waals surface area contributed by atoms with E-state index in [1.54, 1.807) is 37.5 Å². The summed E-state index contributed by atoms with van der Waals surface area (Å²) in [4.78, 5) is 21.7. The number of nitrogens with one attached hydrogen (secondary N) is 1. The van der Waals surface area contributed by atoms with Crippen LogP contribution in [0.1, 0.15) is 18.9 Å². The monoisotopic (exact) mass is 315 g/mol. The van der Waals surface area contributed by atoms with Gasteiger partial charge >= 0.3 is 0 Å². The molecule has 1 aliphatic rings. The van der Waals surface area contributed by atoms with Gasteiger partial charge in [-0.25, -0.2) is 0 Å². The third kappa shape index (κ3) is 2.80. The van der Waals surface area contributed by atoms with Crippen molar-refractivity contribution >= 4 is 28.9 Å². The summed E-state index contributed by atoms with van der Waals surface area (Å²) < 4.78 is 0. The van der Waals surface area contributed by atoms with Crippen molar-refractivity contribution in [1.82, 2.24) is 4.98 Å². The lowest BCUT2D eigenvalue weighted by atomic mass is 9.95. The largest absolute Gasteiger partial charge is 0.379 e. The van der Waals surface area contributed by atoms with Crippen molar-refractivity contribution in [2.75, 3.05) is 5.32 Å². The van der Waals surface area contributed by atoms with Gasteiger partial charge in [0.2, 0.25) is 5.60 Å². The average molecular weight is 316 g/mol. The van der Waals surface area contributed by atoms with Crippen molar-refractivity contribution in [3.05, 3.63) is 59.4 Å². The van der Waals surface area contributed by atoms with Crippen LogP contribution in [-0.2, 0) is 9.63 Å². The average Bonchev–Trinajstić information content (AvgIpc) is 2.92. The van der Waals surface area contributed by atoms with E-state index < -0.39 is 5.60 Å². The molecule has 5 nitrogen and oxygen atoms in total. The molecule has 0 saturated heterocycles. The molecule has 1 atom stereocenters. The number of rotatable bonds is 3. The lowest BCUT2D eigenvalue weighted by Crippen LogP contribution is -2.40. The number of hydrogen-bond donors (Lipinski definition) is 1. The minimum Gasteiger partial charge on any atom is -0.379 e. The normalized spacial score (nSPS) is 20.2. The molecule has 2 heterocycles. The molecule has 1 aromatic carbocycles. The first-order valence-electron chi connectivity index (χ1n) is 6.80. The first-order valence-corrected chi connectivity index (χ1v) is 7.18. The van der Waals surface area contributed by atoms with Gasteiger partial charge in [0.1, 0.15) is 0 Å². The Bertz CT molecular complexity index is 733. The number of amides is 1. The van der Waals surface area contributed by atoms with Crippen LogP contribution < -0.4 is 5.32 Å². The fourth-order valence-electron chi connectivity index (χ4n) is 2.20. The van der Waals surface area contributed by atoms with Gasteiger partial charge in [-0.2, -0.15) is 0 Å². The Labute approximate surface area is 133 Å². The number of halogens is 1. The number of anilines is 1. The molecule has 0 spiro atoms. The summed E-state index contributed by atoms with van der Waals surface area (Å²) in [6.07, 6.45) is 3.58. The van der Waals surface area contributed by atoms with E-state index in [2.05, 4.69) is 15.5 Å². The van der Waals surface area contributed by atoms with Crippen LogP contribution in [0.3, 0.4) is 0 Å². The van der Waals surface area contributed by atoms with Crippen LogP contribution >= 0.6 is 11.6 Å². The van der Waals surface area contributed by atoms with E-state index in [0.29, 0.717) is 22.8 Å². The summed E-state index contributed by atoms with van der Waals surface area (Å²) in [5.74, 6) is -0.260. The van der Waals surface area contributed by atoms with Crippen molar-refractivity contribution in [2.24, 2.45) is 5.16 Å². The van der Waals surface area contributed by atoms with Crippen LogP contribution in [0, 0.1) is 0 Å². The fourth-order valence-corrected chi connectivity index (χ4v) is 2.44. The Hall–Kier alpha value is -2.40. The smallest absolute Gasteiger partial charge is 0.271 e. The van der Waals surface area contributed by atoms with Gasteiger partial charge in [0.25, 0.3) is 5.91 Å². The molecule has 1 N–H and O–H groups in total. The number of pyridine rings is 1. The first-order chi connectivity index (χ1) is 10.6. The SMILES string of the molecule is C[C@]1(C(=O)Nc2ccncc2)CC(c2ccccc2Cl)=NO1. The van der Waals surface area contributed by atoms with E-state index in [-0.39, 0.29) is 5.91 Å². The standard InChI is InChI=1S/C16H14ClN3O2/c1-16(15(21)19-11-6-8-18-9-7-11)10-14(20-22-16)12-4-2-3-5-13(12)17/h2-9H,10H2,1H3,(H,18,19,21)/t16-/m1/s1. The van der Waals surface area contributed by atoms with Crippen molar-refractivity contribution < 1.29 is 9.63 Å². The first kappa shape index (κ1) is 14.5. The third-order valence-electron chi connectivity index (χ3n) is 3.47. The summed E-state index contributed by atoms with van der Waals surface area (Å²) in [5.41, 5.74) is 1.05. The molecule has 0 aliphatic carbocycles. The molecule has 3 rings (SSSR count). The van der Waals surface area contributed by atoms with Gasteiger partial charge < -0.3 is 10.2 Å². The van der Waals surface area contributed by atoms with E-state index in [1.807, 2.05) is 18.2 Å². The number of aromatic nitrogens is 1. The second-order valence-electron chi connectivity index (χ2n) is 5.21. The van der Waals surface area contributed by atoms with Crippen LogP contribution in [0.5, 0.6) is 0 Å². The molecule has 1 aromatic heterocycles. The third-order valence-corrected chi connectivity index (χ3v) is 3.79. The van der Waals surface area contributed by atoms with Gasteiger partial charge in [-0.1, -0.05) is 35.0 Å². The second kappa shape index (κ2) is 5.77. The van der Waals surface area contributed by atoms with E-state index >= 15 is 0 Å². The quantitative estimate of drug-likeness (QED) is 0.945. The molecule has 0 radical (unpaired) electrons. The Morgan fingerprint density at radius 1 is 1.27 bits per heavy atom. The van der Waals surface area contributed by atoms with Crippen LogP contribution in [0.4, 0.5) is 5.69 Å². The van der Waals surface area contributed by atoms with Crippen molar-refractivity contribution in [3.63, 3.8) is 0 Å². The Morgan fingerprint density at radius 3 is 2.73 bits per heavy atom. The number of benzene rings is 1. The highest BCUT2D eigenvalue weighted by Crippen LogP contribution is 2.30. The molecule has 0 bridgehead atoms. The molecule has 22 heavy (non-hydrogen) atoms. The lowest BCUT2D eigenvalue weighted by Gasteiger charge is -2.20. The van der Waals surface area contributed by atoms with Gasteiger partial charge in [-0.15, -0.1) is 0 Å². The van der Waals surface area contributed by atoms with Gasteiger partial charge in [-0.3, -0.25) is 9.78 Å². The zero-order valence-electron chi connectivity index (χ0n) is 11.9. The molecule has 0 unspecified atom stereocenters. The molecule has 6 heteroatoms. The van der Waals surface area contributed by atoms with Crippen LogP contribution in [0.2, 0.25) is 5.02 Å². The Kier molecular flexibility index (Phi) is 3.81. The molecule has 1 aliphatic heterocycles. The predicted octanol–water partition coefficient (Wildman–Crippen LogP) is 3.26. The maximum absolute atomic E-state index is 12.4. The topological polar surface area (TPSA) is 63.6 Å². The highest BCUT2D eigenvalue weighted by Gasteiger charge is 2.42. The maximum atomic E-state index is 12.4. The van der Waals surface area contributed by atoms with Crippen molar-refractivity contribution in [3.8, 4) is 0 Å². The van der Waals surface area contributed by atoms with Gasteiger partial charge in [0, 0.05) is 35.1 Å². The molecular formula is C16H14ClN3O2. The highest BCUT2D eigenvalue weighted by atomic mass is 35.5. The molecule has 0 fully saturated rings. The summed E-state index contributed by atoms with van der Waals surface area (Å²) in [6.45, 7) is 1.71. The Morgan fingerprint density at radius 2 is 2.00 bits per heavy atom. The minimum atomic E-state index is -1.06. The molecule has 112 valence electrons. The summed E-state index contributed by atoms with van der Waals surface area (Å²) >= 11 is 6.16. The predicted molar refractivity (Wildman–Crippen MR) is 85.0 cm³/mol. The zero-order valence-corrected chi connectivity index (χ0v) is 12.7. The number of carbonyl (C=O) groups is 1. The van der Waals surface area contributed by atoms with Crippen molar-refractivity contribution in [1.29, 1.82) is 0 Å². The molecule has 1 amide bonds. The van der Waals surface area contributed by atoms with E-state index in [1.165, 1.54) is 0 Å². The zero-order chi connectivity index (χ0) is 15.6. The maximum Gasteiger partial charge on any atom is 0.271 e. The summed E-state index contributed by atoms with van der Waals surface area (Å²) in [7, 11) is 0. The summed E-state index contributed by atoms with van der Waals surface area (Å²) in [5, 5.41) is 7.43. The highest BCUT2D eigenvalue weighted by molar-refractivity contribution is 6.34. The lowest BCUT2D eigenvalue weighted by molar-refractivity contribution is -0.135. The molecular weight excluding hydrogens is 302 g/mol. The van der Waals surface area contributed by atoms with E-state index in [9.17, 15) is 4.79 Å². The van der Waals surface area contributed by atoms with Gasteiger partial charge in [0.05, 0.1) is 5.71 Å². The molecule has 0 saturated carbocycles. The second-order valence-corrected chi connectivity index (χ2v) is 5.61. The minimum absolute atomic E-state index is 0.260. The van der Waals surface area contributed by atoms with E-state index in [0.717, 1.165) is 5.56 Å². The number of oxime groups is 1. The van der Waals surface area contributed by atoms with E-state index in [4.69, 9.17) is 16.4 Å². The summed E-state index contributed by atoms with van der Waals surface area (Å²) in [6, 6.07) is 10.8. The van der Waals surface area contributed by atoms with Crippen LogP contribution in [0.25, 0.3) is 0 Å². The van der Waals surface area contributed by atoms with Crippen LogP contribution in [0.15, 0.2) is 53.9 Å². The fraction of sp³-hybridized carbons (Fsp3) is 0.188. The van der Waals surface area contributed by atoms with Gasteiger partial charge in [-0.05, 0) is 25.1 Å². The number of carbonyl (C=O) groups excluding carboxylic acids is 1. The number of nitrogens with zero attached hydrogens (tertiary/aromatic N) is 2. The van der Waals surface area contributed by atoms with Gasteiger partial charge in [0.15, 0.2) is 0 Å². The molecule has 2 aromatic rings.